The van der Waals surface area contributed by atoms with Crippen LogP contribution < -0.4 is 4.74 Å². The molecule has 136 valence electrons. The molecular weight excluding hydrogens is 340 g/mol. The minimum Gasteiger partial charge on any atom is -0.457 e. The number of piperidine rings is 1. The monoisotopic (exact) mass is 366 g/mol. The van der Waals surface area contributed by atoms with Crippen LogP contribution in [0.2, 0.25) is 0 Å². The molecule has 0 aromatic heterocycles. The number of benzene rings is 2. The molecule has 1 fully saturated rings. The first-order valence-electron chi connectivity index (χ1n) is 9.53. The van der Waals surface area contributed by atoms with Crippen LogP contribution >= 0.6 is 11.9 Å². The third kappa shape index (κ3) is 3.75. The lowest BCUT2D eigenvalue weighted by Crippen LogP contribution is -2.42. The largest absolute Gasteiger partial charge is 0.457 e. The van der Waals surface area contributed by atoms with Gasteiger partial charge >= 0.3 is 0 Å². The predicted octanol–water partition coefficient (Wildman–Crippen LogP) is 5.84. The van der Waals surface area contributed by atoms with E-state index in [0.29, 0.717) is 11.8 Å². The third-order valence-corrected chi connectivity index (χ3v) is 5.89. The SMILES string of the molecule is CC(C)c1cccc(Oc2ccc([C@@H]3CCCN4CCSN=C34)cc2)c1. The van der Waals surface area contributed by atoms with Crippen LogP contribution in [0.4, 0.5) is 0 Å². The molecule has 1 atom stereocenters. The molecule has 26 heavy (non-hydrogen) atoms. The molecule has 2 aromatic rings. The van der Waals surface area contributed by atoms with Gasteiger partial charge in [-0.25, -0.2) is 4.40 Å². The van der Waals surface area contributed by atoms with E-state index in [2.05, 4.69) is 61.2 Å². The lowest BCUT2D eigenvalue weighted by atomic mass is 9.89. The minimum absolute atomic E-state index is 0.426. The van der Waals surface area contributed by atoms with Gasteiger partial charge < -0.3 is 9.64 Å². The molecule has 1 saturated heterocycles. The van der Waals surface area contributed by atoms with Gasteiger partial charge in [0.15, 0.2) is 0 Å². The highest BCUT2D eigenvalue weighted by molar-refractivity contribution is 7.98. The van der Waals surface area contributed by atoms with E-state index >= 15 is 0 Å². The van der Waals surface area contributed by atoms with Crippen molar-refractivity contribution in [1.29, 1.82) is 0 Å². The van der Waals surface area contributed by atoms with Gasteiger partial charge in [0.05, 0.1) is 0 Å². The van der Waals surface area contributed by atoms with Crippen LogP contribution in [0.5, 0.6) is 11.5 Å². The Bertz CT molecular complexity index is 785. The van der Waals surface area contributed by atoms with Gasteiger partial charge in [0, 0.05) is 24.8 Å². The fraction of sp³-hybridized carbons (Fsp3) is 0.409. The number of hydrogen-bond acceptors (Lipinski definition) is 4. The van der Waals surface area contributed by atoms with Crippen molar-refractivity contribution in [2.45, 2.75) is 38.5 Å². The average Bonchev–Trinajstić information content (AvgIpc) is 2.68. The van der Waals surface area contributed by atoms with E-state index in [-0.39, 0.29) is 0 Å². The second kappa shape index (κ2) is 7.75. The van der Waals surface area contributed by atoms with E-state index in [1.165, 1.54) is 29.8 Å². The molecule has 0 spiro atoms. The Balaban J connectivity index is 1.50. The van der Waals surface area contributed by atoms with Crippen molar-refractivity contribution in [1.82, 2.24) is 4.90 Å². The Morgan fingerprint density at radius 3 is 2.73 bits per heavy atom. The van der Waals surface area contributed by atoms with Gasteiger partial charge in [-0.3, -0.25) is 0 Å². The molecule has 0 unspecified atom stereocenters. The highest BCUT2D eigenvalue weighted by Crippen LogP contribution is 2.34. The molecule has 0 bridgehead atoms. The van der Waals surface area contributed by atoms with Gasteiger partial charge in [-0.1, -0.05) is 38.1 Å². The predicted molar refractivity (Wildman–Crippen MR) is 110 cm³/mol. The summed E-state index contributed by atoms with van der Waals surface area (Å²) in [6.45, 7) is 6.69. The summed E-state index contributed by atoms with van der Waals surface area (Å²) < 4.78 is 10.8. The van der Waals surface area contributed by atoms with Gasteiger partial charge in [-0.15, -0.1) is 0 Å². The van der Waals surface area contributed by atoms with Crippen LogP contribution in [0.15, 0.2) is 52.9 Å². The number of ether oxygens (including phenoxy) is 1. The zero-order chi connectivity index (χ0) is 17.9. The van der Waals surface area contributed by atoms with Crippen LogP contribution in [0.3, 0.4) is 0 Å². The number of rotatable bonds is 4. The van der Waals surface area contributed by atoms with E-state index in [4.69, 9.17) is 9.13 Å². The summed E-state index contributed by atoms with van der Waals surface area (Å²) >= 11 is 1.71. The fourth-order valence-electron chi connectivity index (χ4n) is 3.72. The van der Waals surface area contributed by atoms with Crippen LogP contribution in [-0.4, -0.2) is 29.6 Å². The van der Waals surface area contributed by atoms with Crippen molar-refractivity contribution in [3.05, 3.63) is 59.7 Å². The van der Waals surface area contributed by atoms with Gasteiger partial charge in [0.2, 0.25) is 0 Å². The summed E-state index contributed by atoms with van der Waals surface area (Å²) in [4.78, 5) is 2.46. The van der Waals surface area contributed by atoms with Gasteiger partial charge in [0.1, 0.15) is 17.3 Å². The van der Waals surface area contributed by atoms with E-state index in [0.717, 1.165) is 30.3 Å². The molecular formula is C22H26N2OS. The molecule has 4 rings (SSSR count). The van der Waals surface area contributed by atoms with Gasteiger partial charge in [-0.05, 0) is 66.1 Å². The number of fused-ring (bicyclic) bond motifs is 1. The number of nitrogens with zero attached hydrogens (tertiary/aromatic N) is 2. The summed E-state index contributed by atoms with van der Waals surface area (Å²) in [6.07, 6.45) is 2.43. The first-order valence-corrected chi connectivity index (χ1v) is 10.5. The zero-order valence-electron chi connectivity index (χ0n) is 15.5. The van der Waals surface area contributed by atoms with Crippen LogP contribution in [0.25, 0.3) is 0 Å². The Hall–Kier alpha value is -1.94. The molecule has 0 saturated carbocycles. The van der Waals surface area contributed by atoms with Crippen molar-refractivity contribution >= 4 is 17.8 Å². The highest BCUT2D eigenvalue weighted by atomic mass is 32.2. The topological polar surface area (TPSA) is 24.8 Å². The van der Waals surface area contributed by atoms with Crippen molar-refractivity contribution in [3.8, 4) is 11.5 Å². The van der Waals surface area contributed by atoms with Crippen LogP contribution in [0.1, 0.15) is 49.7 Å². The molecule has 0 aliphatic carbocycles. The molecule has 2 aromatic carbocycles. The number of hydrogen-bond donors (Lipinski definition) is 0. The van der Waals surface area contributed by atoms with Crippen molar-refractivity contribution < 1.29 is 4.74 Å². The maximum atomic E-state index is 6.07. The van der Waals surface area contributed by atoms with E-state index < -0.39 is 0 Å². The molecule has 2 aliphatic heterocycles. The lowest BCUT2D eigenvalue weighted by molar-refractivity contribution is 0.371. The highest BCUT2D eigenvalue weighted by Gasteiger charge is 2.29. The first kappa shape index (κ1) is 17.5. The summed E-state index contributed by atoms with van der Waals surface area (Å²) in [6, 6.07) is 17.0. The maximum Gasteiger partial charge on any atom is 0.127 e. The van der Waals surface area contributed by atoms with Gasteiger partial charge in [0.25, 0.3) is 0 Å². The standard InChI is InChI=1S/C22H26N2OS/c1-16(2)18-5-3-6-20(15-18)25-19-10-8-17(9-11-19)21-7-4-12-24-13-14-26-23-22(21)24/h3,5-6,8-11,15-16,21H,4,7,12-14H2,1-2H3/t21-/m0/s1. The molecule has 4 heteroatoms. The molecule has 0 amide bonds. The average molecular weight is 367 g/mol. The van der Waals surface area contributed by atoms with Crippen LogP contribution in [-0.2, 0) is 0 Å². The second-order valence-electron chi connectivity index (χ2n) is 7.36. The second-order valence-corrected chi connectivity index (χ2v) is 8.21. The minimum atomic E-state index is 0.426. The maximum absolute atomic E-state index is 6.07. The summed E-state index contributed by atoms with van der Waals surface area (Å²) in [7, 11) is 0. The Morgan fingerprint density at radius 2 is 1.92 bits per heavy atom. The quantitative estimate of drug-likeness (QED) is 0.635. The Labute approximate surface area is 160 Å². The van der Waals surface area contributed by atoms with E-state index in [1.807, 2.05) is 6.07 Å². The molecule has 3 nitrogen and oxygen atoms in total. The molecule has 2 heterocycles. The Kier molecular flexibility index (Phi) is 5.21. The van der Waals surface area contributed by atoms with E-state index in [1.54, 1.807) is 11.9 Å². The van der Waals surface area contributed by atoms with Gasteiger partial charge in [-0.2, -0.15) is 0 Å². The summed E-state index contributed by atoms with van der Waals surface area (Å²) in [5, 5.41) is 0. The molecule has 0 radical (unpaired) electrons. The van der Waals surface area contributed by atoms with E-state index in [9.17, 15) is 0 Å². The lowest BCUT2D eigenvalue weighted by Gasteiger charge is -2.37. The molecule has 2 aliphatic rings. The fourth-order valence-corrected chi connectivity index (χ4v) is 4.49. The summed E-state index contributed by atoms with van der Waals surface area (Å²) in [5.74, 6) is 5.10. The smallest absolute Gasteiger partial charge is 0.127 e. The third-order valence-electron chi connectivity index (χ3n) is 5.21. The first-order chi connectivity index (χ1) is 12.7. The molecule has 0 N–H and O–H groups in total. The summed E-state index contributed by atoms with van der Waals surface area (Å²) in [5.41, 5.74) is 2.65. The zero-order valence-corrected chi connectivity index (χ0v) is 16.3. The van der Waals surface area contributed by atoms with Crippen molar-refractivity contribution in [2.24, 2.45) is 4.40 Å². The van der Waals surface area contributed by atoms with Crippen molar-refractivity contribution in [2.75, 3.05) is 18.8 Å². The van der Waals surface area contributed by atoms with Crippen molar-refractivity contribution in [3.63, 3.8) is 0 Å². The normalized spacial score (nSPS) is 19.9. The van der Waals surface area contributed by atoms with Crippen LogP contribution in [0, 0.1) is 0 Å². The Morgan fingerprint density at radius 1 is 1.08 bits per heavy atom. The number of amidine groups is 1.